The normalized spacial score (nSPS) is 22.7. The van der Waals surface area contributed by atoms with Gasteiger partial charge in [0.05, 0.1) is 5.92 Å². The van der Waals surface area contributed by atoms with Crippen LogP contribution in [0.1, 0.15) is 49.6 Å². The summed E-state index contributed by atoms with van der Waals surface area (Å²) in [5.41, 5.74) is 0.633. The molecule has 1 aliphatic carbocycles. The number of aliphatic carboxylic acids is 1. The van der Waals surface area contributed by atoms with Crippen molar-refractivity contribution in [3.63, 3.8) is 0 Å². The smallest absolute Gasteiger partial charge is 0.306 e. The Labute approximate surface area is 112 Å². The van der Waals surface area contributed by atoms with Crippen LogP contribution < -0.4 is 5.32 Å². The number of nitrogens with zero attached hydrogens (tertiary/aromatic N) is 1. The Balaban J connectivity index is 1.98. The van der Waals surface area contributed by atoms with Gasteiger partial charge in [-0.15, -0.1) is 0 Å². The fourth-order valence-corrected chi connectivity index (χ4v) is 2.63. The van der Waals surface area contributed by atoms with Crippen molar-refractivity contribution in [2.45, 2.75) is 45.2 Å². The lowest BCUT2D eigenvalue weighted by molar-refractivity contribution is -0.141. The second-order valence-corrected chi connectivity index (χ2v) is 5.41. The predicted octanol–water partition coefficient (Wildman–Crippen LogP) is 2.05. The molecule has 1 aromatic heterocycles. The van der Waals surface area contributed by atoms with Crippen LogP contribution in [0.4, 0.5) is 0 Å². The minimum atomic E-state index is -0.762. The summed E-state index contributed by atoms with van der Waals surface area (Å²) in [5, 5.41) is 11.9. The van der Waals surface area contributed by atoms with E-state index in [4.69, 9.17) is 5.11 Å². The van der Waals surface area contributed by atoms with Crippen LogP contribution in [0.3, 0.4) is 0 Å². The van der Waals surface area contributed by atoms with E-state index in [1.807, 2.05) is 30.7 Å². The molecule has 0 saturated heterocycles. The van der Waals surface area contributed by atoms with E-state index >= 15 is 0 Å². The third-order valence-electron chi connectivity index (χ3n) is 3.68. The maximum Gasteiger partial charge on any atom is 0.306 e. The number of carbonyl (C=O) groups excluding carboxylic acids is 1. The van der Waals surface area contributed by atoms with Crippen molar-refractivity contribution in [2.75, 3.05) is 0 Å². The molecule has 104 valence electrons. The van der Waals surface area contributed by atoms with Crippen molar-refractivity contribution in [1.82, 2.24) is 9.88 Å². The van der Waals surface area contributed by atoms with Crippen molar-refractivity contribution < 1.29 is 14.7 Å². The highest BCUT2D eigenvalue weighted by molar-refractivity contribution is 5.93. The lowest BCUT2D eigenvalue weighted by Crippen LogP contribution is -2.34. The molecule has 0 radical (unpaired) electrons. The number of carboxylic acids is 1. The zero-order valence-corrected chi connectivity index (χ0v) is 11.3. The fourth-order valence-electron chi connectivity index (χ4n) is 2.63. The van der Waals surface area contributed by atoms with Crippen molar-refractivity contribution in [3.8, 4) is 0 Å². The van der Waals surface area contributed by atoms with Gasteiger partial charge in [0.25, 0.3) is 5.91 Å². The van der Waals surface area contributed by atoms with Gasteiger partial charge in [-0.3, -0.25) is 9.59 Å². The van der Waals surface area contributed by atoms with E-state index in [0.29, 0.717) is 18.5 Å². The maximum atomic E-state index is 12.2. The topological polar surface area (TPSA) is 71.3 Å². The predicted molar refractivity (Wildman–Crippen MR) is 71.0 cm³/mol. The molecule has 1 saturated carbocycles. The van der Waals surface area contributed by atoms with Crippen molar-refractivity contribution in [3.05, 3.63) is 24.0 Å². The third-order valence-corrected chi connectivity index (χ3v) is 3.68. The Kier molecular flexibility index (Phi) is 3.93. The average Bonchev–Trinajstić information content (AvgIpc) is 2.96. The zero-order chi connectivity index (χ0) is 14.0. The number of aromatic nitrogens is 1. The monoisotopic (exact) mass is 264 g/mol. The van der Waals surface area contributed by atoms with Crippen LogP contribution in [0.15, 0.2) is 18.3 Å². The highest BCUT2D eigenvalue weighted by Gasteiger charge is 2.31. The molecule has 0 aromatic carbocycles. The first-order valence-electron chi connectivity index (χ1n) is 6.69. The number of carbonyl (C=O) groups is 2. The molecular formula is C14H20N2O3. The summed E-state index contributed by atoms with van der Waals surface area (Å²) in [5.74, 6) is -1.20. The van der Waals surface area contributed by atoms with Crippen LogP contribution in [0, 0.1) is 5.92 Å². The lowest BCUT2D eigenvalue weighted by Gasteiger charge is -2.16. The number of rotatable bonds is 4. The van der Waals surface area contributed by atoms with Crippen LogP contribution in [-0.4, -0.2) is 27.6 Å². The average molecular weight is 264 g/mol. The molecular weight excluding hydrogens is 244 g/mol. The summed E-state index contributed by atoms with van der Waals surface area (Å²) in [6, 6.07) is 3.85. The van der Waals surface area contributed by atoms with Gasteiger partial charge >= 0.3 is 5.97 Å². The van der Waals surface area contributed by atoms with E-state index in [1.54, 1.807) is 6.07 Å². The molecule has 5 heteroatoms. The highest BCUT2D eigenvalue weighted by atomic mass is 16.4. The van der Waals surface area contributed by atoms with E-state index in [2.05, 4.69) is 5.32 Å². The summed E-state index contributed by atoms with van der Waals surface area (Å²) < 4.78 is 1.92. The molecule has 2 atom stereocenters. The molecule has 1 aliphatic rings. The van der Waals surface area contributed by atoms with Crippen LogP contribution in [0.5, 0.6) is 0 Å². The molecule has 2 N–H and O–H groups in total. The van der Waals surface area contributed by atoms with Gasteiger partial charge in [-0.2, -0.15) is 0 Å². The van der Waals surface area contributed by atoms with E-state index < -0.39 is 5.97 Å². The van der Waals surface area contributed by atoms with Gasteiger partial charge in [0, 0.05) is 18.3 Å². The second kappa shape index (κ2) is 5.47. The lowest BCUT2D eigenvalue weighted by atomic mass is 10.1. The summed E-state index contributed by atoms with van der Waals surface area (Å²) >= 11 is 0. The second-order valence-electron chi connectivity index (χ2n) is 5.41. The van der Waals surface area contributed by atoms with Crippen molar-refractivity contribution >= 4 is 11.9 Å². The Morgan fingerprint density at radius 3 is 2.74 bits per heavy atom. The number of amides is 1. The molecule has 5 nitrogen and oxygen atoms in total. The Hall–Kier alpha value is -1.78. The summed E-state index contributed by atoms with van der Waals surface area (Å²) in [4.78, 5) is 23.1. The number of carboxylic acid groups (broad SMARTS) is 1. The van der Waals surface area contributed by atoms with Crippen LogP contribution in [0.2, 0.25) is 0 Å². The Morgan fingerprint density at radius 2 is 2.16 bits per heavy atom. The fraction of sp³-hybridized carbons (Fsp3) is 0.571. The minimum Gasteiger partial charge on any atom is -0.481 e. The highest BCUT2D eigenvalue weighted by Crippen LogP contribution is 2.26. The summed E-state index contributed by atoms with van der Waals surface area (Å²) in [7, 11) is 0. The van der Waals surface area contributed by atoms with Gasteiger partial charge in [0.1, 0.15) is 5.69 Å². The maximum absolute atomic E-state index is 12.2. The molecule has 1 heterocycles. The Bertz CT molecular complexity index is 479. The van der Waals surface area contributed by atoms with Crippen LogP contribution >= 0.6 is 0 Å². The number of hydrogen-bond acceptors (Lipinski definition) is 2. The molecule has 19 heavy (non-hydrogen) atoms. The Morgan fingerprint density at radius 1 is 1.42 bits per heavy atom. The van der Waals surface area contributed by atoms with E-state index in [0.717, 1.165) is 6.42 Å². The molecule has 1 aromatic rings. The molecule has 0 bridgehead atoms. The first-order chi connectivity index (χ1) is 8.99. The van der Waals surface area contributed by atoms with E-state index in [9.17, 15) is 9.59 Å². The van der Waals surface area contributed by atoms with Gasteiger partial charge in [0.2, 0.25) is 0 Å². The molecule has 0 unspecified atom stereocenters. The molecule has 0 aliphatic heterocycles. The van der Waals surface area contributed by atoms with Crippen molar-refractivity contribution in [1.29, 1.82) is 0 Å². The number of hydrogen-bond donors (Lipinski definition) is 2. The minimum absolute atomic E-state index is 0.0240. The largest absolute Gasteiger partial charge is 0.481 e. The van der Waals surface area contributed by atoms with E-state index in [-0.39, 0.29) is 23.9 Å². The van der Waals surface area contributed by atoms with Gasteiger partial charge in [-0.25, -0.2) is 0 Å². The standard InChI is InChI=1S/C14H20N2O3/c1-9(2)16-7-3-4-12(16)13(17)15-11-6-5-10(8-11)14(18)19/h3-4,7,9-11H,5-6,8H2,1-2H3,(H,15,17)(H,18,19)/t10-,11+/m1/s1. The number of nitrogens with one attached hydrogen (secondary N) is 1. The summed E-state index contributed by atoms with van der Waals surface area (Å²) in [6.07, 6.45) is 3.80. The molecule has 1 amide bonds. The first kappa shape index (κ1) is 13.6. The SMILES string of the molecule is CC(C)n1cccc1C(=O)N[C@H]1CC[C@@H](C(=O)O)C1. The van der Waals surface area contributed by atoms with Crippen LogP contribution in [0.25, 0.3) is 0 Å². The van der Waals surface area contributed by atoms with Crippen molar-refractivity contribution in [2.24, 2.45) is 5.92 Å². The third kappa shape index (κ3) is 2.97. The molecule has 1 fully saturated rings. The van der Waals surface area contributed by atoms with Crippen LogP contribution in [-0.2, 0) is 4.79 Å². The van der Waals surface area contributed by atoms with Gasteiger partial charge in [-0.05, 0) is 45.2 Å². The first-order valence-corrected chi connectivity index (χ1v) is 6.69. The zero-order valence-electron chi connectivity index (χ0n) is 11.3. The molecule has 2 rings (SSSR count). The van der Waals surface area contributed by atoms with E-state index in [1.165, 1.54) is 0 Å². The van der Waals surface area contributed by atoms with Gasteiger partial charge < -0.3 is 15.0 Å². The molecule has 0 spiro atoms. The summed E-state index contributed by atoms with van der Waals surface area (Å²) in [6.45, 7) is 4.04. The van der Waals surface area contributed by atoms with Gasteiger partial charge in [-0.1, -0.05) is 0 Å². The quantitative estimate of drug-likeness (QED) is 0.874. The van der Waals surface area contributed by atoms with Gasteiger partial charge in [0.15, 0.2) is 0 Å².